The second-order valence-corrected chi connectivity index (χ2v) is 4.84. The maximum absolute atomic E-state index is 13.5. The highest BCUT2D eigenvalue weighted by Gasteiger charge is 2.07. The molecule has 2 N–H and O–H groups in total. The van der Waals surface area contributed by atoms with Crippen LogP contribution in [0.15, 0.2) is 36.4 Å². The number of halogens is 2. The Kier molecular flexibility index (Phi) is 4.35. The van der Waals surface area contributed by atoms with E-state index in [9.17, 15) is 8.78 Å². The van der Waals surface area contributed by atoms with Gasteiger partial charge in [-0.2, -0.15) is 0 Å². The Hall–Kier alpha value is -1.94. The average Bonchev–Trinajstić information content (AvgIpc) is 2.38. The Morgan fingerprint density at radius 3 is 2.50 bits per heavy atom. The fraction of sp³-hybridized carbons (Fsp3) is 0.250. The number of benzene rings is 2. The Labute approximate surface area is 117 Å². The van der Waals surface area contributed by atoms with Crippen LogP contribution in [0.25, 0.3) is 0 Å². The van der Waals surface area contributed by atoms with Crippen molar-refractivity contribution in [2.24, 2.45) is 5.73 Å². The van der Waals surface area contributed by atoms with Crippen LogP contribution in [0.2, 0.25) is 0 Å². The zero-order chi connectivity index (χ0) is 14.7. The summed E-state index contributed by atoms with van der Waals surface area (Å²) >= 11 is 0. The van der Waals surface area contributed by atoms with Crippen molar-refractivity contribution in [3.05, 3.63) is 64.7 Å². The highest BCUT2D eigenvalue weighted by atomic mass is 19.1. The van der Waals surface area contributed by atoms with Gasteiger partial charge in [0.1, 0.15) is 24.0 Å². The normalized spacial score (nSPS) is 12.2. The van der Waals surface area contributed by atoms with Gasteiger partial charge >= 0.3 is 0 Å². The fourth-order valence-corrected chi connectivity index (χ4v) is 1.91. The minimum absolute atomic E-state index is 0.0442. The van der Waals surface area contributed by atoms with Crippen LogP contribution in [0.4, 0.5) is 8.78 Å². The minimum atomic E-state index is -0.602. The quantitative estimate of drug-likeness (QED) is 0.920. The molecule has 0 saturated carbocycles. The van der Waals surface area contributed by atoms with E-state index in [1.807, 2.05) is 32.0 Å². The van der Waals surface area contributed by atoms with Gasteiger partial charge in [0.2, 0.25) is 0 Å². The Morgan fingerprint density at radius 2 is 1.90 bits per heavy atom. The predicted octanol–water partition coefficient (Wildman–Crippen LogP) is 3.87. The molecule has 20 heavy (non-hydrogen) atoms. The number of nitrogens with two attached hydrogens (primary N) is 1. The first-order chi connectivity index (χ1) is 9.47. The van der Waals surface area contributed by atoms with Crippen molar-refractivity contribution in [3.63, 3.8) is 0 Å². The molecule has 0 aliphatic heterocycles. The lowest BCUT2D eigenvalue weighted by molar-refractivity contribution is 0.297. The van der Waals surface area contributed by atoms with Crippen molar-refractivity contribution >= 4 is 0 Å². The summed E-state index contributed by atoms with van der Waals surface area (Å²) in [6.45, 7) is 3.87. The molecule has 0 aliphatic carbocycles. The van der Waals surface area contributed by atoms with E-state index < -0.39 is 11.6 Å². The molecule has 0 unspecified atom stereocenters. The molecule has 0 radical (unpaired) electrons. The van der Waals surface area contributed by atoms with Crippen LogP contribution in [0, 0.1) is 18.6 Å². The summed E-state index contributed by atoms with van der Waals surface area (Å²) in [7, 11) is 0. The zero-order valence-electron chi connectivity index (χ0n) is 11.5. The van der Waals surface area contributed by atoms with E-state index in [2.05, 4.69) is 0 Å². The molecule has 0 heterocycles. The van der Waals surface area contributed by atoms with Gasteiger partial charge in [0.25, 0.3) is 0 Å². The second-order valence-electron chi connectivity index (χ2n) is 4.84. The fourth-order valence-electron chi connectivity index (χ4n) is 1.91. The Morgan fingerprint density at radius 1 is 1.15 bits per heavy atom. The molecule has 4 heteroatoms. The molecular weight excluding hydrogens is 260 g/mol. The number of rotatable bonds is 4. The second kappa shape index (κ2) is 6.01. The van der Waals surface area contributed by atoms with E-state index >= 15 is 0 Å². The summed E-state index contributed by atoms with van der Waals surface area (Å²) in [5.41, 5.74) is 8.08. The van der Waals surface area contributed by atoms with Gasteiger partial charge in [-0.15, -0.1) is 0 Å². The van der Waals surface area contributed by atoms with Crippen molar-refractivity contribution in [3.8, 4) is 5.75 Å². The third-order valence-electron chi connectivity index (χ3n) is 3.12. The van der Waals surface area contributed by atoms with E-state index in [-0.39, 0.29) is 12.6 Å². The third-order valence-corrected chi connectivity index (χ3v) is 3.12. The van der Waals surface area contributed by atoms with Gasteiger partial charge < -0.3 is 10.5 Å². The molecule has 0 aliphatic rings. The van der Waals surface area contributed by atoms with E-state index in [4.69, 9.17) is 10.5 Å². The summed E-state index contributed by atoms with van der Waals surface area (Å²) in [5.74, 6) is -0.531. The van der Waals surface area contributed by atoms with Gasteiger partial charge in [-0.1, -0.05) is 12.1 Å². The van der Waals surface area contributed by atoms with Gasteiger partial charge in [-0.05, 0) is 43.2 Å². The maximum Gasteiger partial charge on any atom is 0.132 e. The van der Waals surface area contributed by atoms with Crippen LogP contribution in [0.5, 0.6) is 5.75 Å². The molecule has 2 aromatic carbocycles. The molecule has 0 saturated heterocycles. The highest BCUT2D eigenvalue weighted by molar-refractivity contribution is 5.37. The standard InChI is InChI=1S/C16H17F2NO/c1-10-7-12(11(2)19)4-6-16(10)20-9-13-3-5-14(17)8-15(13)18/h3-8,11H,9,19H2,1-2H3/t11-/m0/s1. The molecule has 1 atom stereocenters. The number of ether oxygens (including phenoxy) is 1. The molecule has 0 amide bonds. The number of aryl methyl sites for hydroxylation is 1. The largest absolute Gasteiger partial charge is 0.489 e. The van der Waals surface area contributed by atoms with Gasteiger partial charge in [-0.3, -0.25) is 0 Å². The molecule has 0 fully saturated rings. The summed E-state index contributed by atoms with van der Waals surface area (Å²) in [6.07, 6.45) is 0. The van der Waals surface area contributed by atoms with Crippen LogP contribution in [0.1, 0.15) is 29.7 Å². The van der Waals surface area contributed by atoms with Crippen molar-refractivity contribution in [1.29, 1.82) is 0 Å². The van der Waals surface area contributed by atoms with Crippen molar-refractivity contribution < 1.29 is 13.5 Å². The smallest absolute Gasteiger partial charge is 0.132 e. The lowest BCUT2D eigenvalue weighted by Crippen LogP contribution is -2.06. The lowest BCUT2D eigenvalue weighted by Gasteiger charge is -2.12. The van der Waals surface area contributed by atoms with E-state index in [0.29, 0.717) is 11.3 Å². The molecule has 106 valence electrons. The first-order valence-electron chi connectivity index (χ1n) is 6.40. The maximum atomic E-state index is 13.5. The molecule has 0 bridgehead atoms. The van der Waals surface area contributed by atoms with Gasteiger partial charge in [-0.25, -0.2) is 8.78 Å². The summed E-state index contributed by atoms with van der Waals surface area (Å²) in [5, 5.41) is 0. The molecule has 0 spiro atoms. The Balaban J connectivity index is 2.11. The zero-order valence-corrected chi connectivity index (χ0v) is 11.5. The van der Waals surface area contributed by atoms with Crippen LogP contribution in [-0.2, 0) is 6.61 Å². The highest BCUT2D eigenvalue weighted by Crippen LogP contribution is 2.23. The van der Waals surface area contributed by atoms with E-state index in [0.717, 1.165) is 17.2 Å². The van der Waals surface area contributed by atoms with Crippen molar-refractivity contribution in [2.75, 3.05) is 0 Å². The minimum Gasteiger partial charge on any atom is -0.489 e. The monoisotopic (exact) mass is 277 g/mol. The summed E-state index contributed by atoms with van der Waals surface area (Å²) in [4.78, 5) is 0. The van der Waals surface area contributed by atoms with Gasteiger partial charge in [0.05, 0.1) is 0 Å². The predicted molar refractivity (Wildman–Crippen MR) is 74.5 cm³/mol. The summed E-state index contributed by atoms with van der Waals surface area (Å²) in [6, 6.07) is 9.05. The van der Waals surface area contributed by atoms with Gasteiger partial charge in [0.15, 0.2) is 0 Å². The Bertz CT molecular complexity index is 611. The number of hydrogen-bond donors (Lipinski definition) is 1. The SMILES string of the molecule is Cc1cc([C@H](C)N)ccc1OCc1ccc(F)cc1F. The third kappa shape index (κ3) is 3.33. The number of hydrogen-bond acceptors (Lipinski definition) is 2. The van der Waals surface area contributed by atoms with Crippen molar-refractivity contribution in [1.82, 2.24) is 0 Å². The molecular formula is C16H17F2NO. The van der Waals surface area contributed by atoms with Crippen LogP contribution in [-0.4, -0.2) is 0 Å². The molecule has 0 aromatic heterocycles. The first-order valence-corrected chi connectivity index (χ1v) is 6.40. The summed E-state index contributed by atoms with van der Waals surface area (Å²) < 4.78 is 31.9. The first kappa shape index (κ1) is 14.5. The van der Waals surface area contributed by atoms with Crippen LogP contribution >= 0.6 is 0 Å². The lowest BCUT2D eigenvalue weighted by atomic mass is 10.1. The van der Waals surface area contributed by atoms with E-state index in [1.165, 1.54) is 12.1 Å². The van der Waals surface area contributed by atoms with Gasteiger partial charge in [0, 0.05) is 17.7 Å². The molecule has 2 nitrogen and oxygen atoms in total. The molecule has 2 aromatic rings. The van der Waals surface area contributed by atoms with Crippen molar-refractivity contribution in [2.45, 2.75) is 26.5 Å². The van der Waals surface area contributed by atoms with Crippen LogP contribution < -0.4 is 10.5 Å². The topological polar surface area (TPSA) is 35.2 Å². The molecule has 2 rings (SSSR count). The van der Waals surface area contributed by atoms with E-state index in [1.54, 1.807) is 0 Å². The van der Waals surface area contributed by atoms with Crippen LogP contribution in [0.3, 0.4) is 0 Å². The average molecular weight is 277 g/mol.